The summed E-state index contributed by atoms with van der Waals surface area (Å²) in [5.41, 5.74) is 6.08. The van der Waals surface area contributed by atoms with Crippen molar-refractivity contribution in [3.05, 3.63) is 22.4 Å². The first kappa shape index (κ1) is 10.7. The number of hydrogen-bond donors (Lipinski definition) is 1. The summed E-state index contributed by atoms with van der Waals surface area (Å²) in [6.07, 6.45) is 1.02. The van der Waals surface area contributed by atoms with Crippen LogP contribution in [0.3, 0.4) is 0 Å². The Bertz CT molecular complexity index is 223. The van der Waals surface area contributed by atoms with E-state index in [0.29, 0.717) is 5.92 Å². The van der Waals surface area contributed by atoms with Crippen LogP contribution in [0.15, 0.2) is 17.5 Å². The Kier molecular flexibility index (Phi) is 4.42. The Labute approximate surface area is 83.7 Å². The van der Waals surface area contributed by atoms with Gasteiger partial charge < -0.3 is 10.5 Å². The molecule has 0 bridgehead atoms. The van der Waals surface area contributed by atoms with Crippen molar-refractivity contribution in [3.63, 3.8) is 0 Å². The fraction of sp³-hybridized carbons (Fsp3) is 0.600. The predicted molar refractivity (Wildman–Crippen MR) is 56.9 cm³/mol. The van der Waals surface area contributed by atoms with Gasteiger partial charge in [-0.2, -0.15) is 0 Å². The van der Waals surface area contributed by atoms with Gasteiger partial charge in [-0.25, -0.2) is 0 Å². The van der Waals surface area contributed by atoms with Crippen molar-refractivity contribution >= 4 is 11.3 Å². The van der Waals surface area contributed by atoms with Crippen LogP contribution in [0, 0.1) is 5.92 Å². The Morgan fingerprint density at radius 1 is 1.62 bits per heavy atom. The number of ether oxygens (including phenoxy) is 1. The predicted octanol–water partition coefficient (Wildman–Crippen LogP) is 2.42. The summed E-state index contributed by atoms with van der Waals surface area (Å²) < 4.78 is 5.03. The van der Waals surface area contributed by atoms with Crippen LogP contribution in [-0.2, 0) is 4.74 Å². The Hall–Kier alpha value is -0.380. The molecule has 2 N–H and O–H groups in total. The van der Waals surface area contributed by atoms with Gasteiger partial charge in [0.05, 0.1) is 0 Å². The van der Waals surface area contributed by atoms with E-state index in [1.165, 1.54) is 4.88 Å². The lowest BCUT2D eigenvalue weighted by Crippen LogP contribution is -2.19. The molecule has 74 valence electrons. The second-order valence-electron chi connectivity index (χ2n) is 3.30. The van der Waals surface area contributed by atoms with Crippen molar-refractivity contribution in [1.82, 2.24) is 0 Å². The number of hydrogen-bond acceptors (Lipinski definition) is 3. The van der Waals surface area contributed by atoms with Gasteiger partial charge in [-0.3, -0.25) is 0 Å². The second-order valence-corrected chi connectivity index (χ2v) is 4.28. The molecule has 2 unspecified atom stereocenters. The fourth-order valence-corrected chi connectivity index (χ4v) is 2.11. The average molecular weight is 199 g/mol. The first-order valence-corrected chi connectivity index (χ1v) is 5.41. The molecule has 1 aromatic rings. The van der Waals surface area contributed by atoms with Gasteiger partial charge in [0.2, 0.25) is 0 Å². The lowest BCUT2D eigenvalue weighted by atomic mass is 9.98. The van der Waals surface area contributed by atoms with Crippen molar-refractivity contribution in [2.45, 2.75) is 19.4 Å². The summed E-state index contributed by atoms with van der Waals surface area (Å²) in [4.78, 5) is 1.27. The molecule has 2 atom stereocenters. The summed E-state index contributed by atoms with van der Waals surface area (Å²) in [6.45, 7) is 2.96. The van der Waals surface area contributed by atoms with E-state index in [0.717, 1.165) is 13.0 Å². The normalized spacial score (nSPS) is 15.6. The Morgan fingerprint density at radius 3 is 2.92 bits per heavy atom. The molecule has 0 aromatic carbocycles. The SMILES string of the molecule is COCCC(C)C(N)c1cccs1. The highest BCUT2D eigenvalue weighted by molar-refractivity contribution is 7.10. The molecule has 0 spiro atoms. The third-order valence-corrected chi connectivity index (χ3v) is 3.24. The Morgan fingerprint density at radius 2 is 2.38 bits per heavy atom. The maximum absolute atomic E-state index is 6.08. The van der Waals surface area contributed by atoms with E-state index in [1.807, 2.05) is 6.07 Å². The van der Waals surface area contributed by atoms with Gasteiger partial charge in [-0.05, 0) is 23.8 Å². The number of methoxy groups -OCH3 is 1. The van der Waals surface area contributed by atoms with Crippen molar-refractivity contribution in [3.8, 4) is 0 Å². The highest BCUT2D eigenvalue weighted by atomic mass is 32.1. The zero-order valence-electron chi connectivity index (χ0n) is 8.19. The van der Waals surface area contributed by atoms with E-state index >= 15 is 0 Å². The molecule has 0 saturated heterocycles. The highest BCUT2D eigenvalue weighted by Gasteiger charge is 2.14. The van der Waals surface area contributed by atoms with Crippen LogP contribution >= 0.6 is 11.3 Å². The van der Waals surface area contributed by atoms with Crippen LogP contribution in [0.1, 0.15) is 24.3 Å². The van der Waals surface area contributed by atoms with Crippen molar-refractivity contribution in [2.75, 3.05) is 13.7 Å². The smallest absolute Gasteiger partial charge is 0.0465 e. The molecule has 0 saturated carbocycles. The first-order valence-electron chi connectivity index (χ1n) is 4.53. The van der Waals surface area contributed by atoms with E-state index in [1.54, 1.807) is 18.4 Å². The molecular formula is C10H17NOS. The number of thiophene rings is 1. The fourth-order valence-electron chi connectivity index (χ4n) is 1.24. The van der Waals surface area contributed by atoms with Crippen molar-refractivity contribution in [1.29, 1.82) is 0 Å². The van der Waals surface area contributed by atoms with E-state index in [4.69, 9.17) is 10.5 Å². The molecule has 1 heterocycles. The molecule has 13 heavy (non-hydrogen) atoms. The van der Waals surface area contributed by atoms with E-state index < -0.39 is 0 Å². The zero-order valence-corrected chi connectivity index (χ0v) is 9.01. The minimum atomic E-state index is 0.162. The lowest BCUT2D eigenvalue weighted by molar-refractivity contribution is 0.175. The largest absolute Gasteiger partial charge is 0.385 e. The number of rotatable bonds is 5. The van der Waals surface area contributed by atoms with Gasteiger partial charge in [-0.1, -0.05) is 13.0 Å². The molecule has 0 aliphatic carbocycles. The molecule has 3 heteroatoms. The van der Waals surface area contributed by atoms with Gasteiger partial charge in [0.25, 0.3) is 0 Å². The molecule has 0 radical (unpaired) electrons. The second kappa shape index (κ2) is 5.37. The monoisotopic (exact) mass is 199 g/mol. The summed E-state index contributed by atoms with van der Waals surface area (Å²) >= 11 is 1.73. The summed E-state index contributed by atoms with van der Waals surface area (Å²) in [5.74, 6) is 0.485. The van der Waals surface area contributed by atoms with Gasteiger partial charge in [0.1, 0.15) is 0 Å². The van der Waals surface area contributed by atoms with Crippen molar-refractivity contribution < 1.29 is 4.74 Å². The van der Waals surface area contributed by atoms with Gasteiger partial charge in [0, 0.05) is 24.6 Å². The number of nitrogens with two attached hydrogens (primary N) is 1. The topological polar surface area (TPSA) is 35.2 Å². The molecule has 0 aliphatic heterocycles. The van der Waals surface area contributed by atoms with Gasteiger partial charge in [-0.15, -0.1) is 11.3 Å². The first-order chi connectivity index (χ1) is 6.25. The van der Waals surface area contributed by atoms with Crippen LogP contribution in [0.25, 0.3) is 0 Å². The molecule has 0 fully saturated rings. The van der Waals surface area contributed by atoms with E-state index in [-0.39, 0.29) is 6.04 Å². The molecule has 0 aliphatic rings. The maximum atomic E-state index is 6.08. The van der Waals surface area contributed by atoms with Gasteiger partial charge >= 0.3 is 0 Å². The molecule has 1 aromatic heterocycles. The highest BCUT2D eigenvalue weighted by Crippen LogP contribution is 2.25. The molecule has 0 amide bonds. The quantitative estimate of drug-likeness (QED) is 0.790. The average Bonchev–Trinajstić information content (AvgIpc) is 2.65. The summed E-state index contributed by atoms with van der Waals surface area (Å²) in [5, 5.41) is 2.07. The molecule has 1 rings (SSSR count). The van der Waals surface area contributed by atoms with Crippen LogP contribution in [0.2, 0.25) is 0 Å². The minimum Gasteiger partial charge on any atom is -0.385 e. The van der Waals surface area contributed by atoms with Crippen LogP contribution in [-0.4, -0.2) is 13.7 Å². The van der Waals surface area contributed by atoms with Crippen LogP contribution in [0.4, 0.5) is 0 Å². The van der Waals surface area contributed by atoms with Gasteiger partial charge in [0.15, 0.2) is 0 Å². The third-order valence-electron chi connectivity index (χ3n) is 2.26. The van der Waals surface area contributed by atoms with Crippen LogP contribution in [0.5, 0.6) is 0 Å². The van der Waals surface area contributed by atoms with E-state index in [9.17, 15) is 0 Å². The third kappa shape index (κ3) is 3.10. The molecular weight excluding hydrogens is 182 g/mol. The standard InChI is InChI=1S/C10H17NOS/c1-8(5-6-12-2)10(11)9-4-3-7-13-9/h3-4,7-8,10H,5-6,11H2,1-2H3. The van der Waals surface area contributed by atoms with E-state index in [2.05, 4.69) is 18.4 Å². The van der Waals surface area contributed by atoms with Crippen molar-refractivity contribution in [2.24, 2.45) is 11.7 Å². The van der Waals surface area contributed by atoms with Crippen LogP contribution < -0.4 is 5.73 Å². The Balaban J connectivity index is 2.43. The lowest BCUT2D eigenvalue weighted by Gasteiger charge is -2.17. The minimum absolute atomic E-state index is 0.162. The summed E-state index contributed by atoms with van der Waals surface area (Å²) in [6, 6.07) is 4.30. The summed E-state index contributed by atoms with van der Waals surface area (Å²) in [7, 11) is 1.73. The maximum Gasteiger partial charge on any atom is 0.0465 e. The zero-order chi connectivity index (χ0) is 9.68. The molecule has 2 nitrogen and oxygen atoms in total.